The lowest BCUT2D eigenvalue weighted by Gasteiger charge is -2.21. The first-order valence-corrected chi connectivity index (χ1v) is 17.6. The predicted molar refractivity (Wildman–Crippen MR) is 229 cm³/mol. The van der Waals surface area contributed by atoms with Gasteiger partial charge in [-0.15, -0.1) is 16.4 Å². The van der Waals surface area contributed by atoms with E-state index in [0.29, 0.717) is 34.2 Å². The predicted octanol–water partition coefficient (Wildman–Crippen LogP) is 5.97. The van der Waals surface area contributed by atoms with E-state index in [1.54, 1.807) is 0 Å². The molecule has 0 atom stereocenters. The van der Waals surface area contributed by atoms with Gasteiger partial charge in [0.25, 0.3) is 0 Å². The van der Waals surface area contributed by atoms with Gasteiger partial charge in [-0.25, -0.2) is 15.0 Å². The van der Waals surface area contributed by atoms with Crippen LogP contribution >= 0.6 is 0 Å². The highest BCUT2D eigenvalue weighted by Crippen LogP contribution is 2.39. The van der Waals surface area contributed by atoms with Crippen LogP contribution in [-0.2, 0) is 0 Å². The highest BCUT2D eigenvalue weighted by molar-refractivity contribution is 6.68. The van der Waals surface area contributed by atoms with Gasteiger partial charge in [0.2, 0.25) is 0 Å². The Hall–Kier alpha value is -6.53. The number of para-hydroxylation sites is 2. The number of rotatable bonds is 5. The van der Waals surface area contributed by atoms with Gasteiger partial charge >= 0.3 is 0 Å². The SMILES string of the molecule is [B]c1c([B])c([B])c(-c2cccc(-c3nc(-c4ccccc4)nc(-c4ccc5oc6ccc(-c7cccc8c7oc7ccccc78)cc6c5c4)n3)c2)c([B])c1[B]. The van der Waals surface area contributed by atoms with E-state index in [1.807, 2.05) is 91.0 Å². The topological polar surface area (TPSA) is 65.0 Å². The molecule has 0 aliphatic carbocycles. The molecule has 10 rings (SSSR count). The number of hydrogen-bond donors (Lipinski definition) is 0. The fourth-order valence-corrected chi connectivity index (χ4v) is 7.38. The molecule has 10 aromatic rings. The lowest BCUT2D eigenvalue weighted by Crippen LogP contribution is -2.55. The van der Waals surface area contributed by atoms with Crippen LogP contribution in [-0.4, -0.2) is 54.2 Å². The normalized spacial score (nSPS) is 11.6. The average molecular weight is 691 g/mol. The van der Waals surface area contributed by atoms with Gasteiger partial charge in [0, 0.05) is 43.8 Å². The van der Waals surface area contributed by atoms with E-state index in [0.717, 1.165) is 66.1 Å². The van der Waals surface area contributed by atoms with Crippen molar-refractivity contribution < 1.29 is 8.83 Å². The summed E-state index contributed by atoms with van der Waals surface area (Å²) in [7, 11) is 31.4. The molecule has 55 heavy (non-hydrogen) atoms. The lowest BCUT2D eigenvalue weighted by atomic mass is 9.59. The molecule has 0 saturated heterocycles. The van der Waals surface area contributed by atoms with Crippen molar-refractivity contribution in [3.05, 3.63) is 133 Å². The Labute approximate surface area is 322 Å². The Kier molecular flexibility index (Phi) is 7.70. The molecular formula is C45H22B5N3O2. The smallest absolute Gasteiger partial charge is 0.164 e. The summed E-state index contributed by atoms with van der Waals surface area (Å²) in [6, 6.07) is 44.0. The third kappa shape index (κ3) is 5.43. The van der Waals surface area contributed by atoms with Gasteiger partial charge in [-0.1, -0.05) is 102 Å². The molecule has 3 aromatic heterocycles. The van der Waals surface area contributed by atoms with Crippen LogP contribution in [0.5, 0.6) is 0 Å². The third-order valence-electron chi connectivity index (χ3n) is 10.2. The maximum atomic E-state index is 6.44. The Morgan fingerprint density at radius 1 is 0.345 bits per heavy atom. The van der Waals surface area contributed by atoms with E-state index >= 15 is 0 Å². The van der Waals surface area contributed by atoms with E-state index < -0.39 is 0 Å². The van der Waals surface area contributed by atoms with Gasteiger partial charge in [0.1, 0.15) is 61.6 Å². The van der Waals surface area contributed by atoms with Gasteiger partial charge in [0.05, 0.1) is 0 Å². The zero-order valence-electron chi connectivity index (χ0n) is 29.2. The van der Waals surface area contributed by atoms with Gasteiger partial charge in [0.15, 0.2) is 17.5 Å². The molecule has 0 bridgehead atoms. The molecular weight excluding hydrogens is 669 g/mol. The van der Waals surface area contributed by atoms with Crippen molar-refractivity contribution >= 4 is 110 Å². The van der Waals surface area contributed by atoms with Crippen molar-refractivity contribution in [3.8, 4) is 56.4 Å². The summed E-state index contributed by atoms with van der Waals surface area (Å²) in [5, 5.41) is 4.06. The van der Waals surface area contributed by atoms with E-state index in [9.17, 15) is 0 Å². The molecule has 3 heterocycles. The zero-order chi connectivity index (χ0) is 37.4. The number of hydrogen-bond acceptors (Lipinski definition) is 5. The maximum Gasteiger partial charge on any atom is 0.164 e. The average Bonchev–Trinajstić information content (AvgIpc) is 3.80. The van der Waals surface area contributed by atoms with Gasteiger partial charge in [-0.05, 0) is 59.2 Å². The van der Waals surface area contributed by atoms with Crippen LogP contribution in [0.15, 0.2) is 142 Å². The molecule has 0 unspecified atom stereocenters. The molecule has 0 N–H and O–H groups in total. The van der Waals surface area contributed by atoms with Crippen molar-refractivity contribution in [3.63, 3.8) is 0 Å². The molecule has 0 fully saturated rings. The highest BCUT2D eigenvalue weighted by atomic mass is 16.3. The number of fused-ring (bicyclic) bond motifs is 6. The number of nitrogens with zero attached hydrogens (tertiary/aromatic N) is 3. The van der Waals surface area contributed by atoms with Crippen LogP contribution in [0.1, 0.15) is 0 Å². The first-order valence-electron chi connectivity index (χ1n) is 17.6. The third-order valence-corrected chi connectivity index (χ3v) is 10.2. The van der Waals surface area contributed by atoms with Gasteiger partial charge in [-0.2, -0.15) is 0 Å². The molecule has 0 aliphatic heterocycles. The Bertz CT molecular complexity index is 3150. The lowest BCUT2D eigenvalue weighted by molar-refractivity contribution is 0.668. The molecule has 5 nitrogen and oxygen atoms in total. The minimum Gasteiger partial charge on any atom is -0.456 e. The standard InChI is InChI=1S/C45H22B5N3O2/c46-37-36(38(47)40(49)41(50)39(37)48)25-10-6-11-26(20-25)44-51-43(23-8-2-1-3-9-23)52-45(53-44)27-17-19-35-32(22-27)31-21-24(16-18-34(31)54-35)28-13-7-14-30-29-12-4-5-15-33(29)55-42(28)30/h1-22H. The summed E-state index contributed by atoms with van der Waals surface area (Å²) < 4.78 is 12.7. The molecule has 10 heteroatoms. The highest BCUT2D eigenvalue weighted by Gasteiger charge is 2.18. The second kappa shape index (κ2) is 12.8. The minimum absolute atomic E-state index is 0.159. The molecule has 0 saturated carbocycles. The summed E-state index contributed by atoms with van der Waals surface area (Å²) >= 11 is 0. The minimum atomic E-state index is 0.159. The number of aromatic nitrogens is 3. The Balaban J connectivity index is 1.12. The van der Waals surface area contributed by atoms with Gasteiger partial charge < -0.3 is 8.83 Å². The van der Waals surface area contributed by atoms with Crippen LogP contribution in [0.4, 0.5) is 0 Å². The zero-order valence-corrected chi connectivity index (χ0v) is 29.2. The van der Waals surface area contributed by atoms with Crippen molar-refractivity contribution in [2.75, 3.05) is 0 Å². The van der Waals surface area contributed by atoms with E-state index in [1.165, 1.54) is 0 Å². The molecule has 0 amide bonds. The van der Waals surface area contributed by atoms with Crippen molar-refractivity contribution in [2.24, 2.45) is 0 Å². The number of benzene rings is 7. The molecule has 0 spiro atoms. The monoisotopic (exact) mass is 691 g/mol. The summed E-state index contributed by atoms with van der Waals surface area (Å²) in [6.07, 6.45) is 0. The molecule has 244 valence electrons. The van der Waals surface area contributed by atoms with Crippen LogP contribution in [0, 0.1) is 0 Å². The summed E-state index contributed by atoms with van der Waals surface area (Å²) in [4.78, 5) is 14.9. The summed E-state index contributed by atoms with van der Waals surface area (Å²) in [6.45, 7) is 0. The van der Waals surface area contributed by atoms with E-state index in [4.69, 9.17) is 63.0 Å². The van der Waals surface area contributed by atoms with Crippen molar-refractivity contribution in [2.45, 2.75) is 0 Å². The van der Waals surface area contributed by atoms with E-state index in [2.05, 4.69) is 42.5 Å². The molecule has 10 radical (unpaired) electrons. The van der Waals surface area contributed by atoms with Crippen LogP contribution in [0.2, 0.25) is 0 Å². The Morgan fingerprint density at radius 3 is 1.58 bits per heavy atom. The fourth-order valence-electron chi connectivity index (χ4n) is 7.38. The van der Waals surface area contributed by atoms with Crippen LogP contribution in [0.25, 0.3) is 100 Å². The summed E-state index contributed by atoms with van der Waals surface area (Å²) in [5.41, 5.74) is 9.81. The Morgan fingerprint density at radius 2 is 0.855 bits per heavy atom. The first kappa shape index (κ1) is 33.1. The van der Waals surface area contributed by atoms with Gasteiger partial charge in [-0.3, -0.25) is 0 Å². The van der Waals surface area contributed by atoms with E-state index in [-0.39, 0.29) is 27.3 Å². The largest absolute Gasteiger partial charge is 0.456 e. The summed E-state index contributed by atoms with van der Waals surface area (Å²) in [5.74, 6) is 1.47. The first-order chi connectivity index (χ1) is 26.8. The maximum absolute atomic E-state index is 6.44. The number of furan rings is 2. The quantitative estimate of drug-likeness (QED) is 0.208. The van der Waals surface area contributed by atoms with Crippen LogP contribution in [0.3, 0.4) is 0 Å². The fraction of sp³-hybridized carbons (Fsp3) is 0. The molecule has 0 aliphatic rings. The van der Waals surface area contributed by atoms with Crippen molar-refractivity contribution in [1.82, 2.24) is 15.0 Å². The van der Waals surface area contributed by atoms with Crippen LogP contribution < -0.4 is 27.3 Å². The molecule has 7 aromatic carbocycles. The second-order valence-electron chi connectivity index (χ2n) is 13.5. The van der Waals surface area contributed by atoms with Crippen molar-refractivity contribution in [1.29, 1.82) is 0 Å². The second-order valence-corrected chi connectivity index (χ2v) is 13.5.